The molecule has 0 saturated heterocycles. The number of thioether (sulfide) groups is 1. The molecule has 28 heavy (non-hydrogen) atoms. The monoisotopic (exact) mass is 416 g/mol. The molecule has 0 spiro atoms. The van der Waals surface area contributed by atoms with Crippen molar-refractivity contribution < 1.29 is 9.59 Å². The first-order valence-electron chi connectivity index (χ1n) is 8.20. The summed E-state index contributed by atoms with van der Waals surface area (Å²) in [5.74, 6) is 6.06. The highest BCUT2D eigenvalue weighted by Gasteiger charge is 2.26. The van der Waals surface area contributed by atoms with Gasteiger partial charge in [0.15, 0.2) is 5.82 Å². The van der Waals surface area contributed by atoms with E-state index >= 15 is 0 Å². The van der Waals surface area contributed by atoms with Crippen molar-refractivity contribution in [3.8, 4) is 11.4 Å². The minimum Gasteiger partial charge on any atom is -0.341 e. The Hall–Kier alpha value is -3.04. The zero-order chi connectivity index (χ0) is 20.1. The number of nitrogen functional groups attached to an aromatic ring is 1. The largest absolute Gasteiger partial charge is 0.341 e. The Kier molecular flexibility index (Phi) is 6.17. The van der Waals surface area contributed by atoms with Gasteiger partial charge in [0.1, 0.15) is 5.25 Å². The SMILES string of the molecule is CNC(=O)NC(=O)[C@@H](Sc1nnc(-c2cccc(Cl)c2)n1N)c1ccccc1. The highest BCUT2D eigenvalue weighted by atomic mass is 35.5. The van der Waals surface area contributed by atoms with Crippen molar-refractivity contribution in [2.45, 2.75) is 10.4 Å². The Balaban J connectivity index is 1.91. The standard InChI is InChI=1S/C18H17ClN6O2S/c1-21-17(27)22-16(26)14(11-6-3-2-4-7-11)28-18-24-23-15(25(18)20)12-8-5-9-13(19)10-12/h2-10,14H,20H2,1H3,(H2,21,22,26,27)/t14-/m0/s1. The Morgan fingerprint density at radius 3 is 2.57 bits per heavy atom. The van der Waals surface area contributed by atoms with Crippen LogP contribution in [0.25, 0.3) is 11.4 Å². The van der Waals surface area contributed by atoms with Gasteiger partial charge >= 0.3 is 6.03 Å². The number of nitrogens with zero attached hydrogens (tertiary/aromatic N) is 3. The summed E-state index contributed by atoms with van der Waals surface area (Å²) in [6.45, 7) is 0. The zero-order valence-electron chi connectivity index (χ0n) is 14.8. The number of hydrogen-bond acceptors (Lipinski definition) is 6. The summed E-state index contributed by atoms with van der Waals surface area (Å²) in [5.41, 5.74) is 1.39. The number of carbonyl (C=O) groups is 2. The third-order valence-corrected chi connectivity index (χ3v) is 5.22. The summed E-state index contributed by atoms with van der Waals surface area (Å²) in [7, 11) is 1.43. The molecule has 1 aromatic heterocycles. The normalized spacial score (nSPS) is 11.6. The average Bonchev–Trinajstić information content (AvgIpc) is 3.06. The summed E-state index contributed by atoms with van der Waals surface area (Å²) in [4.78, 5) is 24.2. The molecule has 1 heterocycles. The number of urea groups is 1. The van der Waals surface area contributed by atoms with Crippen LogP contribution in [0, 0.1) is 0 Å². The van der Waals surface area contributed by atoms with Crippen LogP contribution in [-0.4, -0.2) is 33.9 Å². The molecule has 0 bridgehead atoms. The van der Waals surface area contributed by atoms with Gasteiger partial charge in [0.05, 0.1) is 0 Å². The maximum Gasteiger partial charge on any atom is 0.321 e. The molecule has 10 heteroatoms. The molecule has 1 atom stereocenters. The molecular formula is C18H17ClN6O2S. The molecule has 144 valence electrons. The molecule has 0 aliphatic rings. The number of hydrogen-bond donors (Lipinski definition) is 3. The second-order valence-corrected chi connectivity index (χ2v) is 7.17. The van der Waals surface area contributed by atoms with Crippen molar-refractivity contribution in [1.82, 2.24) is 25.5 Å². The van der Waals surface area contributed by atoms with Crippen molar-refractivity contribution in [2.75, 3.05) is 12.9 Å². The van der Waals surface area contributed by atoms with E-state index in [1.165, 1.54) is 11.7 Å². The molecule has 8 nitrogen and oxygen atoms in total. The molecule has 0 radical (unpaired) electrons. The summed E-state index contributed by atoms with van der Waals surface area (Å²) < 4.78 is 1.29. The number of nitrogens with one attached hydrogen (secondary N) is 2. The highest BCUT2D eigenvalue weighted by molar-refractivity contribution is 8.00. The van der Waals surface area contributed by atoms with Gasteiger partial charge in [-0.1, -0.05) is 65.8 Å². The van der Waals surface area contributed by atoms with Crippen LogP contribution in [0.5, 0.6) is 0 Å². The first-order valence-corrected chi connectivity index (χ1v) is 9.46. The average molecular weight is 417 g/mol. The van der Waals surface area contributed by atoms with E-state index < -0.39 is 17.2 Å². The van der Waals surface area contributed by atoms with Crippen LogP contribution in [-0.2, 0) is 4.79 Å². The summed E-state index contributed by atoms with van der Waals surface area (Å²) >= 11 is 7.12. The van der Waals surface area contributed by atoms with Gasteiger partial charge in [-0.15, -0.1) is 10.2 Å². The van der Waals surface area contributed by atoms with Crippen molar-refractivity contribution in [1.29, 1.82) is 0 Å². The van der Waals surface area contributed by atoms with Crippen molar-refractivity contribution >= 4 is 35.3 Å². The van der Waals surface area contributed by atoms with E-state index in [4.69, 9.17) is 17.4 Å². The fraction of sp³-hybridized carbons (Fsp3) is 0.111. The van der Waals surface area contributed by atoms with Gasteiger partial charge < -0.3 is 11.2 Å². The molecule has 0 saturated carbocycles. The lowest BCUT2D eigenvalue weighted by molar-refractivity contribution is -0.119. The first-order chi connectivity index (χ1) is 13.5. The van der Waals surface area contributed by atoms with Gasteiger partial charge in [-0.05, 0) is 17.7 Å². The molecule has 0 aliphatic heterocycles. The van der Waals surface area contributed by atoms with Crippen molar-refractivity contribution in [3.63, 3.8) is 0 Å². The van der Waals surface area contributed by atoms with Gasteiger partial charge in [0, 0.05) is 17.6 Å². The van der Waals surface area contributed by atoms with E-state index in [9.17, 15) is 9.59 Å². The molecule has 3 amide bonds. The topological polar surface area (TPSA) is 115 Å². The molecule has 0 aliphatic carbocycles. The van der Waals surface area contributed by atoms with E-state index in [0.29, 0.717) is 27.1 Å². The number of aromatic nitrogens is 3. The number of halogens is 1. The van der Waals surface area contributed by atoms with Crippen LogP contribution in [0.1, 0.15) is 10.8 Å². The second-order valence-electron chi connectivity index (χ2n) is 5.66. The van der Waals surface area contributed by atoms with Gasteiger partial charge in [-0.3, -0.25) is 10.1 Å². The van der Waals surface area contributed by atoms with Gasteiger partial charge in [-0.25, -0.2) is 9.47 Å². The van der Waals surface area contributed by atoms with Crippen molar-refractivity contribution in [2.24, 2.45) is 0 Å². The van der Waals surface area contributed by atoms with E-state index in [-0.39, 0.29) is 0 Å². The van der Waals surface area contributed by atoms with E-state index in [1.54, 1.807) is 48.5 Å². The minimum absolute atomic E-state index is 0.316. The van der Waals surface area contributed by atoms with Crippen LogP contribution in [0.2, 0.25) is 5.02 Å². The lowest BCUT2D eigenvalue weighted by Crippen LogP contribution is -2.39. The van der Waals surface area contributed by atoms with Crippen LogP contribution in [0.4, 0.5) is 4.79 Å². The lowest BCUT2D eigenvalue weighted by Gasteiger charge is -2.15. The number of carbonyl (C=O) groups excluding carboxylic acids is 2. The maximum atomic E-state index is 12.6. The molecule has 0 fully saturated rings. The minimum atomic E-state index is -0.753. The highest BCUT2D eigenvalue weighted by Crippen LogP contribution is 2.35. The smallest absolute Gasteiger partial charge is 0.321 e. The predicted molar refractivity (Wildman–Crippen MR) is 108 cm³/mol. The van der Waals surface area contributed by atoms with E-state index in [0.717, 1.165) is 11.8 Å². The third-order valence-electron chi connectivity index (χ3n) is 3.77. The molecule has 0 unspecified atom stereocenters. The van der Waals surface area contributed by atoms with Gasteiger partial charge in [0.25, 0.3) is 0 Å². The number of amides is 3. The molecule has 3 rings (SSSR count). The summed E-state index contributed by atoms with van der Waals surface area (Å²) in [6, 6.07) is 15.5. The first kappa shape index (κ1) is 19.7. The molecule has 3 aromatic rings. The molecule has 4 N–H and O–H groups in total. The summed E-state index contributed by atoms with van der Waals surface area (Å²) in [6.07, 6.45) is 0. The molecular weight excluding hydrogens is 400 g/mol. The number of rotatable bonds is 5. The second kappa shape index (κ2) is 8.77. The Morgan fingerprint density at radius 1 is 1.14 bits per heavy atom. The maximum absolute atomic E-state index is 12.6. The van der Waals surface area contributed by atoms with Crippen molar-refractivity contribution in [3.05, 3.63) is 65.2 Å². The number of nitrogens with two attached hydrogens (primary N) is 1. The van der Waals surface area contributed by atoms with E-state index in [2.05, 4.69) is 20.8 Å². The van der Waals surface area contributed by atoms with Crippen LogP contribution < -0.4 is 16.5 Å². The fourth-order valence-corrected chi connectivity index (χ4v) is 3.58. The third kappa shape index (κ3) is 4.44. The fourth-order valence-electron chi connectivity index (χ4n) is 2.43. The Bertz CT molecular complexity index is 995. The Morgan fingerprint density at radius 2 is 1.89 bits per heavy atom. The number of imide groups is 1. The molecule has 2 aromatic carbocycles. The Labute approximate surface area is 170 Å². The summed E-state index contributed by atoms with van der Waals surface area (Å²) in [5, 5.41) is 13.0. The van der Waals surface area contributed by atoms with Crippen LogP contribution >= 0.6 is 23.4 Å². The van der Waals surface area contributed by atoms with E-state index in [1.807, 2.05) is 6.07 Å². The predicted octanol–water partition coefficient (Wildman–Crippen LogP) is 2.60. The number of benzene rings is 2. The zero-order valence-corrected chi connectivity index (χ0v) is 16.4. The van der Waals surface area contributed by atoms with Crippen LogP contribution in [0.15, 0.2) is 59.8 Å². The lowest BCUT2D eigenvalue weighted by atomic mass is 10.1. The van der Waals surface area contributed by atoms with Gasteiger partial charge in [-0.2, -0.15) is 0 Å². The quantitative estimate of drug-likeness (QED) is 0.435. The van der Waals surface area contributed by atoms with Crippen LogP contribution in [0.3, 0.4) is 0 Å². The van der Waals surface area contributed by atoms with Gasteiger partial charge in [0.2, 0.25) is 11.1 Å².